The maximum Gasteiger partial charge on any atom is 0.149 e. The number of anilines is 1. The topological polar surface area (TPSA) is 23.6 Å². The highest BCUT2D eigenvalue weighted by Crippen LogP contribution is 2.24. The minimum atomic E-state index is -0.289. The third kappa shape index (κ3) is 2.81. The van der Waals surface area contributed by atoms with Gasteiger partial charge in [-0.25, -0.2) is 0 Å². The number of carbonyl (C=O) groups is 1. The van der Waals surface area contributed by atoms with E-state index in [1.807, 2.05) is 6.07 Å². The molecule has 1 fully saturated rings. The van der Waals surface area contributed by atoms with Gasteiger partial charge in [0, 0.05) is 31.9 Å². The van der Waals surface area contributed by atoms with Gasteiger partial charge >= 0.3 is 0 Å². The van der Waals surface area contributed by atoms with Gasteiger partial charge in [0.1, 0.15) is 5.78 Å². The van der Waals surface area contributed by atoms with Crippen molar-refractivity contribution in [3.05, 3.63) is 30.3 Å². The van der Waals surface area contributed by atoms with Crippen LogP contribution in [0.3, 0.4) is 0 Å². The van der Waals surface area contributed by atoms with Crippen LogP contribution in [0.25, 0.3) is 0 Å². The molecular weight excluding hydrogens is 236 g/mol. The number of hydrogen-bond donors (Lipinski definition) is 0. The lowest BCUT2D eigenvalue weighted by atomic mass is 9.91. The molecule has 0 radical (unpaired) electrons. The summed E-state index contributed by atoms with van der Waals surface area (Å²) in [5.74, 6) is 0.281. The zero-order valence-corrected chi connectivity index (χ0v) is 12.2. The molecule has 3 nitrogen and oxygen atoms in total. The van der Waals surface area contributed by atoms with Gasteiger partial charge in [-0.3, -0.25) is 9.69 Å². The molecule has 0 bridgehead atoms. The van der Waals surface area contributed by atoms with Crippen LogP contribution in [-0.2, 0) is 4.79 Å². The molecule has 104 valence electrons. The second-order valence-electron chi connectivity index (χ2n) is 5.49. The maximum atomic E-state index is 11.9. The van der Waals surface area contributed by atoms with E-state index in [4.69, 9.17) is 0 Å². The van der Waals surface area contributed by atoms with Crippen LogP contribution < -0.4 is 4.90 Å². The first kappa shape index (κ1) is 14.1. The fourth-order valence-corrected chi connectivity index (χ4v) is 2.79. The number of rotatable bonds is 4. The van der Waals surface area contributed by atoms with Crippen molar-refractivity contribution in [1.82, 2.24) is 4.90 Å². The number of Topliss-reactive ketones (excluding diaryl/α,β-unsaturated/α-hetero) is 1. The van der Waals surface area contributed by atoms with Crippen LogP contribution >= 0.6 is 0 Å². The number of para-hydroxylation sites is 1. The van der Waals surface area contributed by atoms with Gasteiger partial charge in [0.15, 0.2) is 0 Å². The van der Waals surface area contributed by atoms with Crippen molar-refractivity contribution in [3.63, 3.8) is 0 Å². The lowest BCUT2D eigenvalue weighted by Gasteiger charge is -2.44. The molecule has 1 aromatic rings. The summed E-state index contributed by atoms with van der Waals surface area (Å²) in [4.78, 5) is 16.6. The van der Waals surface area contributed by atoms with Gasteiger partial charge in [0.05, 0.1) is 5.54 Å². The quantitative estimate of drug-likeness (QED) is 0.831. The monoisotopic (exact) mass is 260 g/mol. The Morgan fingerprint density at radius 2 is 1.74 bits per heavy atom. The van der Waals surface area contributed by atoms with E-state index in [0.717, 1.165) is 32.6 Å². The number of hydrogen-bond acceptors (Lipinski definition) is 3. The summed E-state index contributed by atoms with van der Waals surface area (Å²) in [6.45, 7) is 9.79. The molecule has 0 saturated carbocycles. The van der Waals surface area contributed by atoms with Crippen LogP contribution in [0.4, 0.5) is 5.69 Å². The standard InChI is InChI=1S/C16H24N2O/c1-4-16(3,14(2)19)18-12-10-17(11-13-18)15-8-6-5-7-9-15/h5-9H,4,10-13H2,1-3H3. The zero-order valence-electron chi connectivity index (χ0n) is 12.2. The Morgan fingerprint density at radius 3 is 2.21 bits per heavy atom. The van der Waals surface area contributed by atoms with E-state index in [1.54, 1.807) is 6.92 Å². The first-order valence-electron chi connectivity index (χ1n) is 7.14. The van der Waals surface area contributed by atoms with Gasteiger partial charge in [-0.2, -0.15) is 0 Å². The van der Waals surface area contributed by atoms with Crippen molar-refractivity contribution >= 4 is 11.5 Å². The zero-order chi connectivity index (χ0) is 13.9. The van der Waals surface area contributed by atoms with Crippen molar-refractivity contribution in [2.75, 3.05) is 31.1 Å². The van der Waals surface area contributed by atoms with Crippen molar-refractivity contribution in [1.29, 1.82) is 0 Å². The lowest BCUT2D eigenvalue weighted by molar-refractivity contribution is -0.128. The van der Waals surface area contributed by atoms with Gasteiger partial charge in [-0.05, 0) is 32.4 Å². The highest BCUT2D eigenvalue weighted by molar-refractivity contribution is 5.85. The molecule has 3 heteroatoms. The Labute approximate surface area is 116 Å². The van der Waals surface area contributed by atoms with Crippen LogP contribution in [-0.4, -0.2) is 42.4 Å². The maximum absolute atomic E-state index is 11.9. The minimum absolute atomic E-state index is 0.281. The van der Waals surface area contributed by atoms with E-state index >= 15 is 0 Å². The molecule has 0 aliphatic carbocycles. The van der Waals surface area contributed by atoms with E-state index in [0.29, 0.717) is 0 Å². The van der Waals surface area contributed by atoms with Crippen molar-refractivity contribution in [2.24, 2.45) is 0 Å². The lowest BCUT2D eigenvalue weighted by Crippen LogP contribution is -2.58. The molecule has 1 unspecified atom stereocenters. The Kier molecular flexibility index (Phi) is 4.25. The molecule has 19 heavy (non-hydrogen) atoms. The molecule has 1 saturated heterocycles. The molecule has 0 spiro atoms. The summed E-state index contributed by atoms with van der Waals surface area (Å²) < 4.78 is 0. The van der Waals surface area contributed by atoms with Gasteiger partial charge in [-0.15, -0.1) is 0 Å². The van der Waals surface area contributed by atoms with Crippen molar-refractivity contribution < 1.29 is 4.79 Å². The van der Waals surface area contributed by atoms with Gasteiger partial charge < -0.3 is 4.90 Å². The van der Waals surface area contributed by atoms with E-state index in [2.05, 4.69) is 47.9 Å². The van der Waals surface area contributed by atoms with Crippen LogP contribution in [0, 0.1) is 0 Å². The highest BCUT2D eigenvalue weighted by atomic mass is 16.1. The largest absolute Gasteiger partial charge is 0.369 e. The normalized spacial score (nSPS) is 20.1. The molecule has 1 aliphatic rings. The molecule has 0 N–H and O–H groups in total. The Bertz CT molecular complexity index is 424. The Balaban J connectivity index is 2.01. The smallest absolute Gasteiger partial charge is 0.149 e. The average molecular weight is 260 g/mol. The van der Waals surface area contributed by atoms with Gasteiger partial charge in [-0.1, -0.05) is 25.1 Å². The summed E-state index contributed by atoms with van der Waals surface area (Å²) in [5, 5.41) is 0. The van der Waals surface area contributed by atoms with Gasteiger partial charge in [0.25, 0.3) is 0 Å². The second-order valence-corrected chi connectivity index (χ2v) is 5.49. The van der Waals surface area contributed by atoms with Crippen LogP contribution in [0.15, 0.2) is 30.3 Å². The molecule has 1 atom stereocenters. The van der Waals surface area contributed by atoms with E-state index in [-0.39, 0.29) is 11.3 Å². The number of piperazine rings is 1. The number of carbonyl (C=O) groups excluding carboxylic acids is 1. The van der Waals surface area contributed by atoms with Crippen molar-refractivity contribution in [3.8, 4) is 0 Å². The molecule has 1 heterocycles. The van der Waals surface area contributed by atoms with Crippen LogP contribution in [0.2, 0.25) is 0 Å². The van der Waals surface area contributed by atoms with Crippen LogP contribution in [0.5, 0.6) is 0 Å². The molecule has 1 aromatic carbocycles. The van der Waals surface area contributed by atoms with E-state index in [1.165, 1.54) is 5.69 Å². The fraction of sp³-hybridized carbons (Fsp3) is 0.562. The van der Waals surface area contributed by atoms with Gasteiger partial charge in [0.2, 0.25) is 0 Å². The molecule has 2 rings (SSSR count). The predicted molar refractivity (Wildman–Crippen MR) is 79.6 cm³/mol. The molecule has 0 amide bonds. The summed E-state index contributed by atoms with van der Waals surface area (Å²) >= 11 is 0. The predicted octanol–water partition coefficient (Wildman–Crippen LogP) is 2.57. The second kappa shape index (κ2) is 5.74. The SMILES string of the molecule is CCC(C)(C(C)=O)N1CCN(c2ccccc2)CC1. The van der Waals surface area contributed by atoms with Crippen molar-refractivity contribution in [2.45, 2.75) is 32.7 Å². The number of benzene rings is 1. The summed E-state index contributed by atoms with van der Waals surface area (Å²) in [5.41, 5.74) is 0.992. The Hall–Kier alpha value is -1.35. The van der Waals surface area contributed by atoms with Crippen LogP contribution in [0.1, 0.15) is 27.2 Å². The van der Waals surface area contributed by atoms with E-state index < -0.39 is 0 Å². The van der Waals surface area contributed by atoms with E-state index in [9.17, 15) is 4.79 Å². The fourth-order valence-electron chi connectivity index (χ4n) is 2.79. The molecular formula is C16H24N2O. The molecule has 0 aromatic heterocycles. The number of ketones is 1. The highest BCUT2D eigenvalue weighted by Gasteiger charge is 2.36. The Morgan fingerprint density at radius 1 is 1.16 bits per heavy atom. The summed E-state index contributed by atoms with van der Waals surface area (Å²) in [7, 11) is 0. The average Bonchev–Trinajstić information content (AvgIpc) is 2.47. The first-order valence-corrected chi connectivity index (χ1v) is 7.14. The summed E-state index contributed by atoms with van der Waals surface area (Å²) in [6, 6.07) is 10.5. The minimum Gasteiger partial charge on any atom is -0.369 e. The third-order valence-electron chi connectivity index (χ3n) is 4.55. The first-order chi connectivity index (χ1) is 9.08. The summed E-state index contributed by atoms with van der Waals surface area (Å²) in [6.07, 6.45) is 0.883. The molecule has 1 aliphatic heterocycles. The number of nitrogens with zero attached hydrogens (tertiary/aromatic N) is 2. The third-order valence-corrected chi connectivity index (χ3v) is 4.55.